The number of methoxy groups -OCH3 is 2. The summed E-state index contributed by atoms with van der Waals surface area (Å²) in [5.74, 6) is 0.285. The lowest BCUT2D eigenvalue weighted by atomic mass is 10.0. The lowest BCUT2D eigenvalue weighted by Gasteiger charge is -2.23. The summed E-state index contributed by atoms with van der Waals surface area (Å²) < 4.78 is 10.1. The van der Waals surface area contributed by atoms with Gasteiger partial charge in [-0.05, 0) is 51.1 Å². The van der Waals surface area contributed by atoms with E-state index in [4.69, 9.17) is 9.47 Å². The summed E-state index contributed by atoms with van der Waals surface area (Å²) in [7, 11) is 4.86. The van der Waals surface area contributed by atoms with Gasteiger partial charge in [-0.1, -0.05) is 12.1 Å². The van der Waals surface area contributed by atoms with E-state index in [2.05, 4.69) is 4.98 Å². The lowest BCUT2D eigenvalue weighted by Crippen LogP contribution is -2.36. The van der Waals surface area contributed by atoms with Crippen LogP contribution in [0.25, 0.3) is 0 Å². The van der Waals surface area contributed by atoms with Crippen molar-refractivity contribution in [3.05, 3.63) is 52.3 Å². The number of nitrogens with zero attached hydrogens (tertiary/aromatic N) is 1. The molecule has 0 saturated carbocycles. The first-order chi connectivity index (χ1) is 12.3. The molecule has 1 aromatic heterocycles. The minimum atomic E-state index is -0.437. The summed E-state index contributed by atoms with van der Waals surface area (Å²) >= 11 is 0. The number of nitrogens with one attached hydrogen (secondary N) is 1. The highest BCUT2D eigenvalue weighted by Crippen LogP contribution is 2.22. The van der Waals surface area contributed by atoms with Crippen molar-refractivity contribution < 1.29 is 19.1 Å². The Kier molecular flexibility index (Phi) is 6.21. The molecule has 6 nitrogen and oxygen atoms in total. The first-order valence-corrected chi connectivity index (χ1v) is 8.45. The summed E-state index contributed by atoms with van der Waals surface area (Å²) in [6, 6.07) is 7.40. The zero-order valence-electron chi connectivity index (χ0n) is 16.2. The number of aryl methyl sites for hydroxylation is 1. The standard InChI is InChI=1S/C20H26N2O4/c1-12-17(20(24)26-6)13(2)21-18(12)19(23)14(3)22(4)11-15-8-7-9-16(10-15)25-5/h7-10,14,21H,11H2,1-6H3. The van der Waals surface area contributed by atoms with Gasteiger partial charge in [-0.3, -0.25) is 9.69 Å². The summed E-state index contributed by atoms with van der Waals surface area (Å²) in [6.45, 7) is 5.99. The van der Waals surface area contributed by atoms with Gasteiger partial charge in [-0.15, -0.1) is 0 Å². The number of likely N-dealkylation sites (N-methyl/N-ethyl adjacent to an activating group) is 1. The molecule has 0 aliphatic heterocycles. The SMILES string of the molecule is COC(=O)c1c(C)[nH]c(C(=O)C(C)N(C)Cc2cccc(OC)c2)c1C. The molecule has 26 heavy (non-hydrogen) atoms. The zero-order chi connectivity index (χ0) is 19.4. The van der Waals surface area contributed by atoms with E-state index in [-0.39, 0.29) is 11.8 Å². The molecule has 0 radical (unpaired) electrons. The summed E-state index contributed by atoms with van der Waals surface area (Å²) in [5, 5.41) is 0. The van der Waals surface area contributed by atoms with E-state index in [1.165, 1.54) is 7.11 Å². The number of hydrogen-bond acceptors (Lipinski definition) is 5. The van der Waals surface area contributed by atoms with E-state index in [0.29, 0.717) is 29.1 Å². The third-order valence-corrected chi connectivity index (χ3v) is 4.68. The van der Waals surface area contributed by atoms with E-state index < -0.39 is 5.97 Å². The maximum absolute atomic E-state index is 12.9. The van der Waals surface area contributed by atoms with Crippen LogP contribution in [0, 0.1) is 13.8 Å². The molecule has 6 heteroatoms. The fraction of sp³-hybridized carbons (Fsp3) is 0.400. The molecular weight excluding hydrogens is 332 g/mol. The molecule has 1 N–H and O–H groups in total. The number of carbonyl (C=O) groups excluding carboxylic acids is 2. The molecule has 0 spiro atoms. The van der Waals surface area contributed by atoms with Gasteiger partial charge in [-0.25, -0.2) is 4.79 Å². The Balaban J connectivity index is 2.19. The molecule has 1 aromatic carbocycles. The van der Waals surface area contributed by atoms with Crippen LogP contribution in [0.1, 0.15) is 44.6 Å². The van der Waals surface area contributed by atoms with Gasteiger partial charge in [0.25, 0.3) is 0 Å². The van der Waals surface area contributed by atoms with Gasteiger partial charge < -0.3 is 14.5 Å². The van der Waals surface area contributed by atoms with Crippen molar-refractivity contribution in [1.82, 2.24) is 9.88 Å². The molecular formula is C20H26N2O4. The number of aromatic amines is 1. The highest BCUT2D eigenvalue weighted by atomic mass is 16.5. The number of benzene rings is 1. The van der Waals surface area contributed by atoms with Gasteiger partial charge in [0, 0.05) is 12.2 Å². The maximum atomic E-state index is 12.9. The number of carbonyl (C=O) groups is 2. The average Bonchev–Trinajstić information content (AvgIpc) is 2.94. The van der Waals surface area contributed by atoms with E-state index in [1.54, 1.807) is 21.0 Å². The van der Waals surface area contributed by atoms with Gasteiger partial charge in [0.15, 0.2) is 5.78 Å². The second-order valence-corrected chi connectivity index (χ2v) is 6.42. The quantitative estimate of drug-likeness (QED) is 0.608. The smallest absolute Gasteiger partial charge is 0.339 e. The molecule has 1 atom stereocenters. The molecule has 2 aromatic rings. The van der Waals surface area contributed by atoms with Crippen LogP contribution in [-0.4, -0.2) is 48.9 Å². The van der Waals surface area contributed by atoms with Crippen molar-refractivity contribution in [3.8, 4) is 5.75 Å². The van der Waals surface area contributed by atoms with Gasteiger partial charge in [0.2, 0.25) is 0 Å². The number of H-pyrrole nitrogens is 1. The Hall–Kier alpha value is -2.60. The van der Waals surface area contributed by atoms with Crippen molar-refractivity contribution in [2.75, 3.05) is 21.3 Å². The highest BCUT2D eigenvalue weighted by Gasteiger charge is 2.27. The Bertz CT molecular complexity index is 810. The molecule has 140 valence electrons. The monoisotopic (exact) mass is 358 g/mol. The number of rotatable bonds is 7. The van der Waals surface area contributed by atoms with E-state index in [0.717, 1.165) is 11.3 Å². The van der Waals surface area contributed by atoms with Crippen LogP contribution in [-0.2, 0) is 11.3 Å². The Morgan fingerprint density at radius 2 is 1.92 bits per heavy atom. The first-order valence-electron chi connectivity index (χ1n) is 8.45. The van der Waals surface area contributed by atoms with Crippen LogP contribution in [0.5, 0.6) is 5.75 Å². The largest absolute Gasteiger partial charge is 0.497 e. The summed E-state index contributed by atoms with van der Waals surface area (Å²) in [4.78, 5) is 29.9. The molecule has 0 fully saturated rings. The molecule has 2 rings (SSSR count). The number of esters is 1. The topological polar surface area (TPSA) is 71.6 Å². The van der Waals surface area contributed by atoms with Crippen LogP contribution in [0.4, 0.5) is 0 Å². The third kappa shape index (κ3) is 3.96. The number of ketones is 1. The molecule has 1 heterocycles. The van der Waals surface area contributed by atoms with Gasteiger partial charge in [-0.2, -0.15) is 0 Å². The Morgan fingerprint density at radius 3 is 2.54 bits per heavy atom. The van der Waals surface area contributed by atoms with Gasteiger partial charge in [0.1, 0.15) is 5.75 Å². The van der Waals surface area contributed by atoms with Crippen LogP contribution in [0.2, 0.25) is 0 Å². The average molecular weight is 358 g/mol. The van der Waals surface area contributed by atoms with Crippen LogP contribution in [0.3, 0.4) is 0 Å². The predicted molar refractivity (Wildman–Crippen MR) is 99.9 cm³/mol. The fourth-order valence-corrected chi connectivity index (χ4v) is 3.01. The molecule has 1 unspecified atom stereocenters. The Morgan fingerprint density at radius 1 is 1.23 bits per heavy atom. The van der Waals surface area contributed by atoms with E-state index in [9.17, 15) is 9.59 Å². The normalized spacial score (nSPS) is 12.1. The second kappa shape index (κ2) is 8.19. The van der Waals surface area contributed by atoms with Crippen molar-refractivity contribution in [1.29, 1.82) is 0 Å². The third-order valence-electron chi connectivity index (χ3n) is 4.68. The van der Waals surface area contributed by atoms with Crippen molar-refractivity contribution in [3.63, 3.8) is 0 Å². The molecule has 0 aliphatic rings. The number of aromatic nitrogens is 1. The number of Topliss-reactive ketones (excluding diaryl/α,β-unsaturated/α-hetero) is 1. The van der Waals surface area contributed by atoms with Crippen LogP contribution >= 0.6 is 0 Å². The first kappa shape index (κ1) is 19.7. The summed E-state index contributed by atoms with van der Waals surface area (Å²) in [5.41, 5.74) is 3.20. The molecule has 0 amide bonds. The zero-order valence-corrected chi connectivity index (χ0v) is 16.2. The van der Waals surface area contributed by atoms with E-state index >= 15 is 0 Å². The number of hydrogen-bond donors (Lipinski definition) is 1. The highest BCUT2D eigenvalue weighted by molar-refractivity contribution is 6.03. The van der Waals surface area contributed by atoms with Crippen LogP contribution < -0.4 is 4.74 Å². The lowest BCUT2D eigenvalue weighted by molar-refractivity contribution is 0.0599. The second-order valence-electron chi connectivity index (χ2n) is 6.42. The predicted octanol–water partition coefficient (Wildman–Crippen LogP) is 3.13. The fourth-order valence-electron chi connectivity index (χ4n) is 3.01. The number of ether oxygens (including phenoxy) is 2. The molecule has 0 bridgehead atoms. The van der Waals surface area contributed by atoms with Gasteiger partial charge in [0.05, 0.1) is 31.5 Å². The molecule has 0 aliphatic carbocycles. The summed E-state index contributed by atoms with van der Waals surface area (Å²) in [6.07, 6.45) is 0. The van der Waals surface area contributed by atoms with Crippen molar-refractivity contribution in [2.45, 2.75) is 33.4 Å². The molecule has 0 saturated heterocycles. The minimum absolute atomic E-state index is 0.0638. The Labute approximate surface area is 154 Å². The van der Waals surface area contributed by atoms with Crippen molar-refractivity contribution in [2.24, 2.45) is 0 Å². The van der Waals surface area contributed by atoms with E-state index in [1.807, 2.05) is 43.1 Å². The maximum Gasteiger partial charge on any atom is 0.339 e. The minimum Gasteiger partial charge on any atom is -0.497 e. The van der Waals surface area contributed by atoms with Crippen molar-refractivity contribution >= 4 is 11.8 Å². The van der Waals surface area contributed by atoms with Gasteiger partial charge >= 0.3 is 5.97 Å². The van der Waals surface area contributed by atoms with Crippen LogP contribution in [0.15, 0.2) is 24.3 Å².